The quantitative estimate of drug-likeness (QED) is 0.891. The van der Waals surface area contributed by atoms with E-state index in [0.29, 0.717) is 36.0 Å². The van der Waals surface area contributed by atoms with E-state index in [1.807, 2.05) is 18.2 Å². The number of carbonyl (C=O) groups is 1. The molecule has 0 radical (unpaired) electrons. The van der Waals surface area contributed by atoms with Crippen molar-refractivity contribution in [2.45, 2.75) is 31.9 Å². The summed E-state index contributed by atoms with van der Waals surface area (Å²) in [6.07, 6.45) is 0.931. The lowest BCUT2D eigenvalue weighted by atomic mass is 10.1. The second-order valence-corrected chi connectivity index (χ2v) is 6.72. The van der Waals surface area contributed by atoms with Crippen LogP contribution in [0.5, 0.6) is 11.5 Å². The van der Waals surface area contributed by atoms with Crippen LogP contribution in [0, 0.1) is 6.92 Å². The molecule has 1 aromatic heterocycles. The molecule has 142 valence electrons. The Morgan fingerprint density at radius 3 is 2.63 bits per heavy atom. The van der Waals surface area contributed by atoms with E-state index in [1.165, 1.54) is 0 Å². The molecule has 1 amide bonds. The van der Waals surface area contributed by atoms with Crippen LogP contribution in [0.4, 0.5) is 0 Å². The SMILES string of the molecule is Cc1cc(C2COc3ccccc3O2)oc(=O)c1C(=O)NC1CCOCC1. The third kappa shape index (κ3) is 3.68. The largest absolute Gasteiger partial charge is 0.485 e. The smallest absolute Gasteiger partial charge is 0.349 e. The minimum atomic E-state index is -0.669. The molecule has 4 rings (SSSR count). The maximum atomic E-state index is 12.5. The molecule has 7 nitrogen and oxygen atoms in total. The molecule has 3 heterocycles. The Balaban J connectivity index is 1.54. The van der Waals surface area contributed by atoms with Crippen molar-refractivity contribution in [1.29, 1.82) is 0 Å². The van der Waals surface area contributed by atoms with Gasteiger partial charge in [0, 0.05) is 19.3 Å². The predicted molar refractivity (Wildman–Crippen MR) is 96.3 cm³/mol. The predicted octanol–water partition coefficient (Wildman–Crippen LogP) is 2.37. The van der Waals surface area contributed by atoms with Crippen LogP contribution >= 0.6 is 0 Å². The average Bonchev–Trinajstić information content (AvgIpc) is 2.68. The minimum absolute atomic E-state index is 0.0105. The van der Waals surface area contributed by atoms with Crippen molar-refractivity contribution in [3.05, 3.63) is 57.6 Å². The molecule has 0 aliphatic carbocycles. The van der Waals surface area contributed by atoms with Crippen LogP contribution in [0.15, 0.2) is 39.5 Å². The summed E-state index contributed by atoms with van der Waals surface area (Å²) in [4.78, 5) is 25.0. The van der Waals surface area contributed by atoms with E-state index in [4.69, 9.17) is 18.6 Å². The Hall–Kier alpha value is -2.80. The van der Waals surface area contributed by atoms with Crippen LogP contribution in [0.3, 0.4) is 0 Å². The van der Waals surface area contributed by atoms with Gasteiger partial charge in [-0.3, -0.25) is 4.79 Å². The number of ether oxygens (including phenoxy) is 3. The third-order valence-corrected chi connectivity index (χ3v) is 4.78. The number of amides is 1. The lowest BCUT2D eigenvalue weighted by Gasteiger charge is -2.26. The first-order chi connectivity index (χ1) is 13.1. The van der Waals surface area contributed by atoms with Crippen molar-refractivity contribution >= 4 is 5.91 Å². The maximum Gasteiger partial charge on any atom is 0.349 e. The first kappa shape index (κ1) is 17.6. The first-order valence-electron chi connectivity index (χ1n) is 9.03. The van der Waals surface area contributed by atoms with Crippen molar-refractivity contribution in [3.8, 4) is 11.5 Å². The fraction of sp³-hybridized carbons (Fsp3) is 0.400. The Morgan fingerprint density at radius 1 is 1.15 bits per heavy atom. The maximum absolute atomic E-state index is 12.5. The van der Waals surface area contributed by atoms with E-state index in [9.17, 15) is 9.59 Å². The molecule has 2 aromatic rings. The van der Waals surface area contributed by atoms with Gasteiger partial charge in [0.05, 0.1) is 0 Å². The standard InChI is InChI=1S/C20H21NO6/c1-12-10-16(17-11-25-14-4-2-3-5-15(14)26-17)27-20(23)18(12)19(22)21-13-6-8-24-9-7-13/h2-5,10,13,17H,6-9,11H2,1H3,(H,21,22). The molecule has 0 spiro atoms. The van der Waals surface area contributed by atoms with Crippen LogP contribution in [0.2, 0.25) is 0 Å². The molecule has 1 unspecified atom stereocenters. The van der Waals surface area contributed by atoms with Gasteiger partial charge < -0.3 is 23.9 Å². The highest BCUT2D eigenvalue weighted by Crippen LogP contribution is 2.35. The monoisotopic (exact) mass is 371 g/mol. The average molecular weight is 371 g/mol. The molecule has 1 N–H and O–H groups in total. The van der Waals surface area contributed by atoms with Crippen molar-refractivity contribution in [2.24, 2.45) is 0 Å². The van der Waals surface area contributed by atoms with E-state index in [1.54, 1.807) is 19.1 Å². The Labute approximate surface area is 156 Å². The molecule has 1 aromatic carbocycles. The second-order valence-electron chi connectivity index (χ2n) is 6.72. The zero-order chi connectivity index (χ0) is 18.8. The van der Waals surface area contributed by atoms with Crippen molar-refractivity contribution in [3.63, 3.8) is 0 Å². The van der Waals surface area contributed by atoms with Gasteiger partial charge in [-0.1, -0.05) is 12.1 Å². The molecule has 1 fully saturated rings. The molecule has 1 saturated heterocycles. The fourth-order valence-electron chi connectivity index (χ4n) is 3.32. The normalized spacial score (nSPS) is 19.5. The number of hydrogen-bond acceptors (Lipinski definition) is 6. The molecular formula is C20H21NO6. The van der Waals surface area contributed by atoms with E-state index >= 15 is 0 Å². The zero-order valence-corrected chi connectivity index (χ0v) is 15.0. The second kappa shape index (κ2) is 7.44. The number of hydrogen-bond donors (Lipinski definition) is 1. The summed E-state index contributed by atoms with van der Waals surface area (Å²) in [6, 6.07) is 8.99. The molecule has 2 aliphatic heterocycles. The molecule has 2 aliphatic rings. The molecule has 0 saturated carbocycles. The van der Waals surface area contributed by atoms with Crippen LogP contribution < -0.4 is 20.4 Å². The minimum Gasteiger partial charge on any atom is -0.485 e. The number of rotatable bonds is 3. The molecule has 27 heavy (non-hydrogen) atoms. The third-order valence-electron chi connectivity index (χ3n) is 4.78. The summed E-state index contributed by atoms with van der Waals surface area (Å²) < 4.78 is 22.2. The summed E-state index contributed by atoms with van der Waals surface area (Å²) in [5.41, 5.74) is -0.0901. The number of aryl methyl sites for hydroxylation is 1. The van der Waals surface area contributed by atoms with E-state index < -0.39 is 17.6 Å². The summed E-state index contributed by atoms with van der Waals surface area (Å²) in [5.74, 6) is 1.18. The van der Waals surface area contributed by atoms with Gasteiger partial charge in [-0.25, -0.2) is 4.79 Å². The van der Waals surface area contributed by atoms with Gasteiger partial charge in [-0.15, -0.1) is 0 Å². The van der Waals surface area contributed by atoms with Gasteiger partial charge in [-0.05, 0) is 43.5 Å². The first-order valence-corrected chi connectivity index (χ1v) is 9.03. The highest BCUT2D eigenvalue weighted by Gasteiger charge is 2.27. The topological polar surface area (TPSA) is 87.0 Å². The fourth-order valence-corrected chi connectivity index (χ4v) is 3.32. The van der Waals surface area contributed by atoms with Gasteiger partial charge in [-0.2, -0.15) is 0 Å². The Kier molecular flexibility index (Phi) is 4.85. The molecule has 7 heteroatoms. The van der Waals surface area contributed by atoms with Crippen molar-refractivity contribution in [1.82, 2.24) is 5.32 Å². The van der Waals surface area contributed by atoms with E-state index in [-0.39, 0.29) is 18.2 Å². The van der Waals surface area contributed by atoms with E-state index in [2.05, 4.69) is 5.32 Å². The Bertz CT molecular complexity index is 900. The van der Waals surface area contributed by atoms with Gasteiger partial charge in [0.2, 0.25) is 0 Å². The number of nitrogens with one attached hydrogen (secondary N) is 1. The summed E-state index contributed by atoms with van der Waals surface area (Å²) in [7, 11) is 0. The van der Waals surface area contributed by atoms with Gasteiger partial charge in [0.1, 0.15) is 12.2 Å². The van der Waals surface area contributed by atoms with Crippen LogP contribution in [0.25, 0.3) is 0 Å². The molecule has 1 atom stereocenters. The highest BCUT2D eigenvalue weighted by molar-refractivity contribution is 5.95. The number of carbonyl (C=O) groups excluding carboxylic acids is 1. The molecular weight excluding hydrogens is 350 g/mol. The van der Waals surface area contributed by atoms with Gasteiger partial charge in [0.15, 0.2) is 23.4 Å². The van der Waals surface area contributed by atoms with Gasteiger partial charge >= 0.3 is 5.63 Å². The highest BCUT2D eigenvalue weighted by atomic mass is 16.6. The summed E-state index contributed by atoms with van der Waals surface area (Å²) >= 11 is 0. The zero-order valence-electron chi connectivity index (χ0n) is 15.0. The lowest BCUT2D eigenvalue weighted by molar-refractivity contribution is 0.0682. The van der Waals surface area contributed by atoms with Crippen molar-refractivity contribution < 1.29 is 23.4 Å². The number of fused-ring (bicyclic) bond motifs is 1. The van der Waals surface area contributed by atoms with Crippen LogP contribution in [-0.2, 0) is 4.74 Å². The van der Waals surface area contributed by atoms with Crippen LogP contribution in [-0.4, -0.2) is 31.8 Å². The van der Waals surface area contributed by atoms with Gasteiger partial charge in [0.25, 0.3) is 5.91 Å². The molecule has 0 bridgehead atoms. The van der Waals surface area contributed by atoms with E-state index in [0.717, 1.165) is 12.8 Å². The lowest BCUT2D eigenvalue weighted by Crippen LogP contribution is -2.41. The summed E-state index contributed by atoms with van der Waals surface area (Å²) in [5, 5.41) is 2.89. The number of para-hydroxylation sites is 2. The van der Waals surface area contributed by atoms with Crippen molar-refractivity contribution in [2.75, 3.05) is 19.8 Å². The van der Waals surface area contributed by atoms with Crippen LogP contribution in [0.1, 0.15) is 40.6 Å². The summed E-state index contributed by atoms with van der Waals surface area (Å²) in [6.45, 7) is 3.17. The number of benzene rings is 1. The Morgan fingerprint density at radius 2 is 1.89 bits per heavy atom.